The highest BCUT2D eigenvalue weighted by atomic mass is 16.5. The van der Waals surface area contributed by atoms with Gasteiger partial charge in [-0.15, -0.1) is 0 Å². The Balaban J connectivity index is 2.03. The van der Waals surface area contributed by atoms with Gasteiger partial charge in [-0.3, -0.25) is 0 Å². The number of carbonyl (C=O) groups excluding carboxylic acids is 1. The minimum absolute atomic E-state index is 0.154. The van der Waals surface area contributed by atoms with Crippen molar-refractivity contribution in [3.8, 4) is 0 Å². The lowest BCUT2D eigenvalue weighted by molar-refractivity contribution is 0.147. The molecule has 18 heavy (non-hydrogen) atoms. The fraction of sp³-hybridized carbons (Fsp3) is 0.462. The first kappa shape index (κ1) is 12.7. The molecule has 0 spiro atoms. The van der Waals surface area contributed by atoms with Gasteiger partial charge in [0.2, 0.25) is 0 Å². The molecule has 1 aliphatic rings. The van der Waals surface area contributed by atoms with Crippen molar-refractivity contribution in [3.63, 3.8) is 0 Å². The van der Waals surface area contributed by atoms with Crippen LogP contribution in [0.5, 0.6) is 0 Å². The maximum absolute atomic E-state index is 10.9. The van der Waals surface area contributed by atoms with Crippen LogP contribution in [-0.4, -0.2) is 38.4 Å². The van der Waals surface area contributed by atoms with E-state index in [0.717, 1.165) is 18.5 Å². The van der Waals surface area contributed by atoms with Gasteiger partial charge in [-0.25, -0.2) is 4.79 Å². The van der Waals surface area contributed by atoms with Gasteiger partial charge in [-0.05, 0) is 23.6 Å². The molecule has 0 aliphatic carbocycles. The molecule has 98 valence electrons. The zero-order valence-electron chi connectivity index (χ0n) is 10.6. The molecule has 5 heteroatoms. The molecule has 2 N–H and O–H groups in total. The summed E-state index contributed by atoms with van der Waals surface area (Å²) in [6, 6.07) is 5.91. The highest BCUT2D eigenvalue weighted by Crippen LogP contribution is 2.29. The molecule has 0 bridgehead atoms. The van der Waals surface area contributed by atoms with Crippen molar-refractivity contribution in [3.05, 3.63) is 29.3 Å². The van der Waals surface area contributed by atoms with Gasteiger partial charge in [0.05, 0.1) is 19.8 Å². The van der Waals surface area contributed by atoms with Crippen LogP contribution in [0, 0.1) is 0 Å². The number of likely N-dealkylation sites (N-methyl/N-ethyl adjacent to an activating group) is 1. The van der Waals surface area contributed by atoms with Crippen molar-refractivity contribution >= 4 is 11.8 Å². The summed E-state index contributed by atoms with van der Waals surface area (Å²) < 4.78 is 4.46. The van der Waals surface area contributed by atoms with Gasteiger partial charge in [0.1, 0.15) is 0 Å². The molecule has 5 nitrogen and oxygen atoms in total. The van der Waals surface area contributed by atoms with Gasteiger partial charge in [0.25, 0.3) is 0 Å². The Bertz CT molecular complexity index is 448. The summed E-state index contributed by atoms with van der Waals surface area (Å²) in [5.74, 6) is 0. The number of nitrogens with one attached hydrogen (secondary N) is 1. The second-order valence-electron chi connectivity index (χ2n) is 4.45. The SMILES string of the molecule is COC(=O)NCC(O)c1ccc2c(c1)CCN2C. The minimum Gasteiger partial charge on any atom is -0.453 e. The first-order valence-electron chi connectivity index (χ1n) is 5.95. The minimum atomic E-state index is -0.708. The predicted molar refractivity (Wildman–Crippen MR) is 68.8 cm³/mol. The van der Waals surface area contributed by atoms with E-state index in [2.05, 4.69) is 22.0 Å². The van der Waals surface area contributed by atoms with Crippen molar-refractivity contribution in [2.75, 3.05) is 32.1 Å². The van der Waals surface area contributed by atoms with Crippen molar-refractivity contribution in [2.24, 2.45) is 0 Å². The first-order valence-corrected chi connectivity index (χ1v) is 5.95. The number of rotatable bonds is 3. The number of benzene rings is 1. The summed E-state index contributed by atoms with van der Waals surface area (Å²) in [4.78, 5) is 13.1. The first-order chi connectivity index (χ1) is 8.61. The summed E-state index contributed by atoms with van der Waals surface area (Å²) in [6.07, 6.45) is -0.244. The van der Waals surface area contributed by atoms with Crippen LogP contribution >= 0.6 is 0 Å². The Hall–Kier alpha value is -1.75. The Labute approximate surface area is 106 Å². The Kier molecular flexibility index (Phi) is 3.72. The molecule has 1 amide bonds. The van der Waals surface area contributed by atoms with Crippen molar-refractivity contribution in [2.45, 2.75) is 12.5 Å². The van der Waals surface area contributed by atoms with E-state index < -0.39 is 12.2 Å². The van der Waals surface area contributed by atoms with Crippen LogP contribution in [0.4, 0.5) is 10.5 Å². The zero-order chi connectivity index (χ0) is 13.1. The number of hydrogen-bond acceptors (Lipinski definition) is 4. The maximum atomic E-state index is 10.9. The molecular weight excluding hydrogens is 232 g/mol. The van der Waals surface area contributed by atoms with Crippen LogP contribution in [0.1, 0.15) is 17.2 Å². The summed E-state index contributed by atoms with van der Waals surface area (Å²) in [5.41, 5.74) is 3.28. The number of amides is 1. The van der Waals surface area contributed by atoms with Gasteiger partial charge in [-0.1, -0.05) is 12.1 Å². The molecule has 1 atom stereocenters. The smallest absolute Gasteiger partial charge is 0.406 e. The average Bonchev–Trinajstić information content (AvgIpc) is 2.76. The quantitative estimate of drug-likeness (QED) is 0.842. The van der Waals surface area contributed by atoms with E-state index >= 15 is 0 Å². The Morgan fingerprint density at radius 2 is 2.39 bits per heavy atom. The second-order valence-corrected chi connectivity index (χ2v) is 4.45. The number of methoxy groups -OCH3 is 1. The number of nitrogens with zero attached hydrogens (tertiary/aromatic N) is 1. The van der Waals surface area contributed by atoms with E-state index in [1.807, 2.05) is 18.2 Å². The molecule has 0 fully saturated rings. The van der Waals surface area contributed by atoms with Crippen LogP contribution in [0.25, 0.3) is 0 Å². The monoisotopic (exact) mass is 250 g/mol. The van der Waals surface area contributed by atoms with Crippen LogP contribution in [0.3, 0.4) is 0 Å². The van der Waals surface area contributed by atoms with E-state index in [1.165, 1.54) is 18.4 Å². The lowest BCUT2D eigenvalue weighted by Gasteiger charge is -2.15. The molecule has 0 saturated carbocycles. The lowest BCUT2D eigenvalue weighted by Crippen LogP contribution is -2.28. The summed E-state index contributed by atoms with van der Waals surface area (Å²) in [6.45, 7) is 1.16. The number of aliphatic hydroxyl groups excluding tert-OH is 1. The molecule has 1 heterocycles. The fourth-order valence-corrected chi connectivity index (χ4v) is 2.16. The van der Waals surface area contributed by atoms with E-state index in [1.54, 1.807) is 0 Å². The van der Waals surface area contributed by atoms with E-state index in [4.69, 9.17) is 0 Å². The topological polar surface area (TPSA) is 61.8 Å². The van der Waals surface area contributed by atoms with Gasteiger partial charge >= 0.3 is 6.09 Å². The maximum Gasteiger partial charge on any atom is 0.406 e. The van der Waals surface area contributed by atoms with Crippen LogP contribution in [0.15, 0.2) is 18.2 Å². The van der Waals surface area contributed by atoms with E-state index in [0.29, 0.717) is 0 Å². The van der Waals surface area contributed by atoms with Crippen molar-refractivity contribution in [1.29, 1.82) is 0 Å². The number of ether oxygens (including phenoxy) is 1. The molecule has 0 radical (unpaired) electrons. The van der Waals surface area contributed by atoms with Crippen LogP contribution < -0.4 is 10.2 Å². The van der Waals surface area contributed by atoms with E-state index in [9.17, 15) is 9.90 Å². The third-order valence-corrected chi connectivity index (χ3v) is 3.24. The number of carbonyl (C=O) groups is 1. The lowest BCUT2D eigenvalue weighted by atomic mass is 10.0. The van der Waals surface area contributed by atoms with Gasteiger partial charge in [-0.2, -0.15) is 0 Å². The zero-order valence-corrected chi connectivity index (χ0v) is 10.6. The average molecular weight is 250 g/mol. The number of anilines is 1. The highest BCUT2D eigenvalue weighted by molar-refractivity contribution is 5.67. The molecule has 1 aromatic carbocycles. The van der Waals surface area contributed by atoms with Crippen molar-refractivity contribution in [1.82, 2.24) is 5.32 Å². The number of hydrogen-bond donors (Lipinski definition) is 2. The molecule has 1 unspecified atom stereocenters. The molecular formula is C13H18N2O3. The predicted octanol–water partition coefficient (Wildman–Crippen LogP) is 1.07. The second kappa shape index (κ2) is 5.27. The van der Waals surface area contributed by atoms with Gasteiger partial charge in [0.15, 0.2) is 0 Å². The Morgan fingerprint density at radius 1 is 1.61 bits per heavy atom. The number of aliphatic hydroxyl groups is 1. The third kappa shape index (κ3) is 2.56. The highest BCUT2D eigenvalue weighted by Gasteiger charge is 2.18. The standard InChI is InChI=1S/C13H18N2O3/c1-15-6-5-9-7-10(3-4-11(9)15)12(16)8-14-13(17)18-2/h3-4,7,12,16H,5-6,8H2,1-2H3,(H,14,17). The van der Waals surface area contributed by atoms with Gasteiger partial charge < -0.3 is 20.1 Å². The van der Waals surface area contributed by atoms with E-state index in [-0.39, 0.29) is 6.54 Å². The third-order valence-electron chi connectivity index (χ3n) is 3.24. The molecule has 2 rings (SSSR count). The van der Waals surface area contributed by atoms with Crippen LogP contribution in [-0.2, 0) is 11.2 Å². The largest absolute Gasteiger partial charge is 0.453 e. The number of alkyl carbamates (subject to hydrolysis) is 1. The van der Waals surface area contributed by atoms with Gasteiger partial charge in [0, 0.05) is 19.3 Å². The molecule has 0 aromatic heterocycles. The number of fused-ring (bicyclic) bond motifs is 1. The van der Waals surface area contributed by atoms with Crippen molar-refractivity contribution < 1.29 is 14.6 Å². The molecule has 1 aromatic rings. The van der Waals surface area contributed by atoms with Crippen LogP contribution in [0.2, 0.25) is 0 Å². The molecule has 0 saturated heterocycles. The molecule has 1 aliphatic heterocycles. The summed E-state index contributed by atoms with van der Waals surface area (Å²) >= 11 is 0. The summed E-state index contributed by atoms with van der Waals surface area (Å²) in [7, 11) is 3.35. The Morgan fingerprint density at radius 3 is 3.11 bits per heavy atom. The fourth-order valence-electron chi connectivity index (χ4n) is 2.16. The summed E-state index contributed by atoms with van der Waals surface area (Å²) in [5, 5.41) is 12.5. The normalized spacial score (nSPS) is 15.2.